The summed E-state index contributed by atoms with van der Waals surface area (Å²) in [7, 11) is 0. The zero-order valence-electron chi connectivity index (χ0n) is 18.3. The number of carbonyl (C=O) groups is 3. The first-order valence-corrected chi connectivity index (χ1v) is 11.0. The quantitative estimate of drug-likeness (QED) is 0.515. The van der Waals surface area contributed by atoms with Gasteiger partial charge in [0.15, 0.2) is 0 Å². The van der Waals surface area contributed by atoms with E-state index in [1.165, 1.54) is 13.8 Å². The molecule has 2 saturated carbocycles. The standard InChI is InChI=1S/C24H32O6/c1-6-15-7-8-16-21-17(30-22(27)20(15)21)11-18-23(16,4)10-9-19(29-14(3)26)24(18,5)12-28-13(2)25/h6-7,16-21H,1,8-12H2,2-5H3/t16-,17-,18+,19-,20+,21-,23+,24-/m0/s1. The maximum Gasteiger partial charge on any atom is 0.314 e. The van der Waals surface area contributed by atoms with Gasteiger partial charge in [-0.1, -0.05) is 32.6 Å². The molecule has 1 heterocycles. The molecule has 1 aliphatic heterocycles. The van der Waals surface area contributed by atoms with Crippen LogP contribution in [0.1, 0.15) is 53.4 Å². The van der Waals surface area contributed by atoms with Crippen LogP contribution in [0.4, 0.5) is 0 Å². The summed E-state index contributed by atoms with van der Waals surface area (Å²) in [5, 5.41) is 0. The second-order valence-electron chi connectivity index (χ2n) is 10.00. The third-order valence-corrected chi connectivity index (χ3v) is 8.49. The van der Waals surface area contributed by atoms with Crippen molar-refractivity contribution in [1.29, 1.82) is 0 Å². The van der Waals surface area contributed by atoms with Crippen molar-refractivity contribution in [2.45, 2.75) is 65.6 Å². The normalized spacial score (nSPS) is 44.1. The Morgan fingerprint density at radius 2 is 2.03 bits per heavy atom. The topological polar surface area (TPSA) is 78.9 Å². The summed E-state index contributed by atoms with van der Waals surface area (Å²) in [5.74, 6) is -0.510. The summed E-state index contributed by atoms with van der Waals surface area (Å²) in [6.45, 7) is 11.3. The monoisotopic (exact) mass is 416 g/mol. The highest BCUT2D eigenvalue weighted by atomic mass is 16.6. The average molecular weight is 417 g/mol. The molecule has 6 nitrogen and oxygen atoms in total. The Kier molecular flexibility index (Phi) is 5.10. The molecule has 30 heavy (non-hydrogen) atoms. The predicted octanol–water partition coefficient (Wildman–Crippen LogP) is 3.60. The van der Waals surface area contributed by atoms with Crippen molar-refractivity contribution in [1.82, 2.24) is 0 Å². The molecule has 4 rings (SSSR count). The zero-order chi connectivity index (χ0) is 21.8. The van der Waals surface area contributed by atoms with E-state index in [0.29, 0.717) is 6.42 Å². The van der Waals surface area contributed by atoms with Crippen LogP contribution in [0.3, 0.4) is 0 Å². The molecule has 3 aliphatic carbocycles. The first-order chi connectivity index (χ1) is 14.1. The number of hydrogen-bond donors (Lipinski definition) is 0. The maximum atomic E-state index is 12.8. The molecule has 0 amide bonds. The molecule has 8 atom stereocenters. The van der Waals surface area contributed by atoms with Gasteiger partial charge < -0.3 is 14.2 Å². The van der Waals surface area contributed by atoms with Crippen molar-refractivity contribution < 1.29 is 28.6 Å². The smallest absolute Gasteiger partial charge is 0.314 e. The van der Waals surface area contributed by atoms with E-state index in [9.17, 15) is 14.4 Å². The minimum atomic E-state index is -0.539. The van der Waals surface area contributed by atoms with Crippen LogP contribution in [0, 0.1) is 34.5 Å². The Hall–Kier alpha value is -2.11. The molecule has 4 aliphatic rings. The van der Waals surface area contributed by atoms with E-state index < -0.39 is 5.41 Å². The molecule has 0 bridgehead atoms. The van der Waals surface area contributed by atoms with Crippen molar-refractivity contribution in [2.75, 3.05) is 6.61 Å². The third-order valence-electron chi connectivity index (χ3n) is 8.49. The highest BCUT2D eigenvalue weighted by molar-refractivity contribution is 5.80. The summed E-state index contributed by atoms with van der Waals surface area (Å²) in [6, 6.07) is 0. The lowest BCUT2D eigenvalue weighted by molar-refractivity contribution is -0.210. The number of rotatable bonds is 4. The largest absolute Gasteiger partial charge is 0.465 e. The van der Waals surface area contributed by atoms with Crippen LogP contribution in [0.25, 0.3) is 0 Å². The molecule has 0 radical (unpaired) electrons. The summed E-state index contributed by atoms with van der Waals surface area (Å²) in [5.41, 5.74) is 0.381. The van der Waals surface area contributed by atoms with Crippen LogP contribution in [-0.4, -0.2) is 36.7 Å². The summed E-state index contributed by atoms with van der Waals surface area (Å²) in [6.07, 6.45) is 6.64. The van der Waals surface area contributed by atoms with Crippen LogP contribution < -0.4 is 0 Å². The minimum absolute atomic E-state index is 0.0673. The highest BCUT2D eigenvalue weighted by Crippen LogP contribution is 2.66. The molecule has 0 unspecified atom stereocenters. The fourth-order valence-corrected chi connectivity index (χ4v) is 7.18. The van der Waals surface area contributed by atoms with Crippen LogP contribution in [0.15, 0.2) is 24.3 Å². The van der Waals surface area contributed by atoms with E-state index in [-0.39, 0.29) is 65.8 Å². The second-order valence-corrected chi connectivity index (χ2v) is 10.00. The zero-order valence-corrected chi connectivity index (χ0v) is 18.3. The molecule has 0 aromatic carbocycles. The molecule has 164 valence electrons. The maximum absolute atomic E-state index is 12.8. The summed E-state index contributed by atoms with van der Waals surface area (Å²) in [4.78, 5) is 36.2. The predicted molar refractivity (Wildman–Crippen MR) is 109 cm³/mol. The molecule has 3 fully saturated rings. The Balaban J connectivity index is 1.75. The van der Waals surface area contributed by atoms with Crippen molar-refractivity contribution in [3.05, 3.63) is 24.3 Å². The number of carbonyl (C=O) groups excluding carboxylic acids is 3. The number of fused-ring (bicyclic) bond motifs is 2. The van der Waals surface area contributed by atoms with Gasteiger partial charge in [0.2, 0.25) is 0 Å². The fourth-order valence-electron chi connectivity index (χ4n) is 7.18. The first-order valence-electron chi connectivity index (χ1n) is 11.0. The molecule has 6 heteroatoms. The molecular weight excluding hydrogens is 384 g/mol. The van der Waals surface area contributed by atoms with Gasteiger partial charge >= 0.3 is 17.9 Å². The van der Waals surface area contributed by atoms with Crippen molar-refractivity contribution >= 4 is 17.9 Å². The van der Waals surface area contributed by atoms with Gasteiger partial charge in [-0.15, -0.1) is 0 Å². The lowest BCUT2D eigenvalue weighted by atomic mass is 9.43. The Morgan fingerprint density at radius 3 is 2.67 bits per heavy atom. The lowest BCUT2D eigenvalue weighted by Crippen LogP contribution is -2.62. The van der Waals surface area contributed by atoms with E-state index in [1.54, 1.807) is 6.08 Å². The van der Waals surface area contributed by atoms with Gasteiger partial charge in [-0.2, -0.15) is 0 Å². The number of hydrogen-bond acceptors (Lipinski definition) is 6. The van der Waals surface area contributed by atoms with Crippen LogP contribution in [0.2, 0.25) is 0 Å². The molecule has 0 N–H and O–H groups in total. The average Bonchev–Trinajstić information content (AvgIpc) is 3.02. The van der Waals surface area contributed by atoms with E-state index in [2.05, 4.69) is 26.5 Å². The van der Waals surface area contributed by atoms with Gasteiger partial charge in [0, 0.05) is 25.2 Å². The second kappa shape index (κ2) is 7.24. The number of esters is 3. The van der Waals surface area contributed by atoms with Crippen LogP contribution >= 0.6 is 0 Å². The first kappa shape index (κ1) is 21.1. The van der Waals surface area contributed by atoms with E-state index >= 15 is 0 Å². The van der Waals surface area contributed by atoms with Gasteiger partial charge in [-0.25, -0.2) is 0 Å². The van der Waals surface area contributed by atoms with Gasteiger partial charge in [0.25, 0.3) is 0 Å². The van der Waals surface area contributed by atoms with Crippen molar-refractivity contribution in [3.8, 4) is 0 Å². The Labute approximate surface area is 178 Å². The summed E-state index contributed by atoms with van der Waals surface area (Å²) >= 11 is 0. The van der Waals surface area contributed by atoms with Crippen LogP contribution in [0.5, 0.6) is 0 Å². The Morgan fingerprint density at radius 1 is 1.30 bits per heavy atom. The SMILES string of the molecule is C=CC1=CC[C@H]2[C@@H]3[C@@H]1C(=O)O[C@H]3C[C@H]1[C@](C)(COC(C)=O)[C@@H](OC(C)=O)CC[C@@]12C. The fraction of sp³-hybridized carbons (Fsp3) is 0.708. The Bertz CT molecular complexity index is 815. The molecular formula is C24H32O6. The van der Waals surface area contributed by atoms with E-state index in [1.807, 2.05) is 0 Å². The van der Waals surface area contributed by atoms with Crippen molar-refractivity contribution in [3.63, 3.8) is 0 Å². The van der Waals surface area contributed by atoms with Gasteiger partial charge in [0.1, 0.15) is 18.8 Å². The molecule has 0 aromatic rings. The molecule has 1 saturated heterocycles. The minimum Gasteiger partial charge on any atom is -0.465 e. The third kappa shape index (κ3) is 3.02. The lowest BCUT2D eigenvalue weighted by Gasteiger charge is -2.62. The van der Waals surface area contributed by atoms with Crippen LogP contribution in [-0.2, 0) is 28.6 Å². The van der Waals surface area contributed by atoms with Gasteiger partial charge in [-0.05, 0) is 48.5 Å². The van der Waals surface area contributed by atoms with E-state index in [0.717, 1.165) is 24.8 Å². The molecule has 0 aromatic heterocycles. The van der Waals surface area contributed by atoms with Crippen molar-refractivity contribution in [2.24, 2.45) is 34.5 Å². The summed E-state index contributed by atoms with van der Waals surface area (Å²) < 4.78 is 17.1. The highest BCUT2D eigenvalue weighted by Gasteiger charge is 2.67. The van der Waals surface area contributed by atoms with E-state index in [4.69, 9.17) is 14.2 Å². The number of allylic oxidation sites excluding steroid dienone is 2. The van der Waals surface area contributed by atoms with Gasteiger partial charge in [0.05, 0.1) is 5.92 Å². The number of ether oxygens (including phenoxy) is 3. The van der Waals surface area contributed by atoms with Gasteiger partial charge in [-0.3, -0.25) is 14.4 Å². The molecule has 0 spiro atoms.